The molecule has 0 atom stereocenters. The fourth-order valence-electron chi connectivity index (χ4n) is 0.127. The van der Waals surface area contributed by atoms with Crippen molar-refractivity contribution < 1.29 is 19.4 Å². The Bertz CT molecular complexity index is 73.7. The largest absolute Gasteiger partial charge is 0.427 e. The predicted octanol–water partition coefficient (Wildman–Crippen LogP) is 0.244. The highest BCUT2D eigenvalue weighted by Gasteiger charge is 1.91. The normalized spacial score (nSPS) is 8.62. The van der Waals surface area contributed by atoms with Crippen LogP contribution >= 0.6 is 12.6 Å². The molecule has 47 valence electrons. The molecule has 0 spiro atoms. The van der Waals surface area contributed by atoms with E-state index < -0.39 is 12.1 Å². The molecule has 0 heterocycles. The fourth-order valence-corrected chi connectivity index (χ4v) is 0.175. The number of aliphatic hydroxyl groups excluding tert-OH is 1. The Labute approximate surface area is 51.8 Å². The second-order valence-electron chi connectivity index (χ2n) is 0.845. The van der Waals surface area contributed by atoms with Crippen LogP contribution in [0.15, 0.2) is 0 Å². The number of aliphatic hydroxyl groups is 1. The van der Waals surface area contributed by atoms with Gasteiger partial charge in [-0.05, 0) is 0 Å². The maximum Gasteiger partial charge on any atom is 0.402 e. The molecule has 0 aromatic heterocycles. The summed E-state index contributed by atoms with van der Waals surface area (Å²) >= 11 is 3.97. The maximum atomic E-state index is 9.75. The smallest absolute Gasteiger partial charge is 0.402 e. The van der Waals surface area contributed by atoms with Gasteiger partial charge in [-0.25, -0.2) is 4.79 Å². The van der Waals surface area contributed by atoms with Gasteiger partial charge in [-0.3, -0.25) is 0 Å². The first-order valence-corrected chi connectivity index (χ1v) is 2.20. The summed E-state index contributed by atoms with van der Waals surface area (Å²) in [5, 5.41) is 7.10. The molecule has 0 rings (SSSR count). The van der Waals surface area contributed by atoms with Crippen LogP contribution in [0.4, 0.5) is 4.79 Å². The van der Waals surface area contributed by atoms with Crippen molar-refractivity contribution in [3.8, 4) is 0 Å². The summed E-state index contributed by atoms with van der Waals surface area (Å²) in [4.78, 5) is 9.75. The van der Waals surface area contributed by atoms with Crippen molar-refractivity contribution in [3.63, 3.8) is 0 Å². The van der Waals surface area contributed by atoms with Crippen LogP contribution in [0.2, 0.25) is 0 Å². The van der Waals surface area contributed by atoms with Crippen LogP contribution in [0, 0.1) is 0 Å². The Kier molecular flexibility index (Phi) is 4.53. The van der Waals surface area contributed by atoms with E-state index in [1.165, 1.54) is 0 Å². The van der Waals surface area contributed by atoms with E-state index in [1.54, 1.807) is 0 Å². The first-order valence-electron chi connectivity index (χ1n) is 1.79. The molecular formula is C3H5O4S. The molecule has 0 aliphatic heterocycles. The fraction of sp³-hybridized carbons (Fsp3) is 0.667. The summed E-state index contributed by atoms with van der Waals surface area (Å²) in [5.74, 6) is 0. The average Bonchev–Trinajstić information content (AvgIpc) is 1.66. The van der Waals surface area contributed by atoms with Crippen LogP contribution in [-0.2, 0) is 9.47 Å². The third-order valence-electron chi connectivity index (χ3n) is 0.351. The van der Waals surface area contributed by atoms with Crippen LogP contribution < -0.4 is 0 Å². The first kappa shape index (κ1) is 7.61. The Morgan fingerprint density at radius 3 is 2.75 bits per heavy atom. The van der Waals surface area contributed by atoms with Crippen molar-refractivity contribution in [2.45, 2.75) is 0 Å². The van der Waals surface area contributed by atoms with Crippen LogP contribution in [0.5, 0.6) is 0 Å². The van der Waals surface area contributed by atoms with Gasteiger partial charge in [-0.1, -0.05) is 0 Å². The molecule has 0 aromatic carbocycles. The van der Waals surface area contributed by atoms with Crippen LogP contribution in [0.1, 0.15) is 0 Å². The maximum absolute atomic E-state index is 9.75. The molecule has 0 aliphatic carbocycles. The van der Waals surface area contributed by atoms with Crippen LogP contribution in [0.3, 0.4) is 0 Å². The molecule has 0 bridgehead atoms. The number of carbonyl (C=O) groups excluding carboxylic acids is 1. The number of hydrogen-bond acceptors (Lipinski definition) is 4. The van der Waals surface area contributed by atoms with Gasteiger partial charge in [0.05, 0.1) is 0 Å². The van der Waals surface area contributed by atoms with E-state index in [-0.39, 0.29) is 6.79 Å². The van der Waals surface area contributed by atoms with E-state index in [4.69, 9.17) is 5.11 Å². The molecule has 1 radical (unpaired) electrons. The molecule has 0 unspecified atom stereocenters. The molecule has 0 fully saturated rings. The molecule has 1 N–H and O–H groups in total. The quantitative estimate of drug-likeness (QED) is 0.344. The minimum Gasteiger partial charge on any atom is -0.427 e. The number of hydrogen-bond donors (Lipinski definition) is 1. The second-order valence-corrected chi connectivity index (χ2v) is 1.18. The lowest BCUT2D eigenvalue weighted by Crippen LogP contribution is -2.01. The topological polar surface area (TPSA) is 55.8 Å². The van der Waals surface area contributed by atoms with Crippen LogP contribution in [0.25, 0.3) is 0 Å². The third kappa shape index (κ3) is 5.61. The molecule has 0 saturated carbocycles. The van der Waals surface area contributed by atoms with Crippen molar-refractivity contribution in [2.75, 3.05) is 13.6 Å². The van der Waals surface area contributed by atoms with Gasteiger partial charge in [0, 0.05) is 12.6 Å². The van der Waals surface area contributed by atoms with Gasteiger partial charge in [0.15, 0.2) is 6.79 Å². The first-order chi connectivity index (χ1) is 3.77. The van der Waals surface area contributed by atoms with Crippen molar-refractivity contribution in [1.29, 1.82) is 0 Å². The Morgan fingerprint density at radius 1 is 1.75 bits per heavy atom. The Hall–Kier alpha value is -0.390. The third-order valence-corrected chi connectivity index (χ3v) is 0.469. The molecule has 0 aliphatic rings. The summed E-state index contributed by atoms with van der Waals surface area (Å²) in [6.07, 6.45) is 0. The van der Waals surface area contributed by atoms with E-state index in [0.717, 1.165) is 0 Å². The standard InChI is InChI=1S/C3H5O4S/c4-1-6-2-7-3(5)8/h4H,1-2H2. The SMILES string of the molecule is O=C([S])OCOCO. The van der Waals surface area contributed by atoms with Crippen molar-refractivity contribution in [2.24, 2.45) is 0 Å². The van der Waals surface area contributed by atoms with Crippen molar-refractivity contribution in [1.82, 2.24) is 0 Å². The number of ether oxygens (including phenoxy) is 2. The highest BCUT2D eigenvalue weighted by molar-refractivity contribution is 7.96. The van der Waals surface area contributed by atoms with Gasteiger partial charge in [-0.2, -0.15) is 0 Å². The monoisotopic (exact) mass is 137 g/mol. The van der Waals surface area contributed by atoms with Gasteiger partial charge in [0.2, 0.25) is 0 Å². The zero-order valence-corrected chi connectivity index (χ0v) is 4.81. The zero-order chi connectivity index (χ0) is 6.41. The molecular weight excluding hydrogens is 132 g/mol. The van der Waals surface area contributed by atoms with E-state index in [1.807, 2.05) is 0 Å². The molecule has 0 aromatic rings. The Balaban J connectivity index is 2.82. The Morgan fingerprint density at radius 2 is 2.38 bits per heavy atom. The van der Waals surface area contributed by atoms with Crippen molar-refractivity contribution >= 4 is 17.9 Å². The molecule has 0 saturated heterocycles. The lowest BCUT2D eigenvalue weighted by molar-refractivity contribution is -0.0756. The van der Waals surface area contributed by atoms with Crippen molar-refractivity contribution in [3.05, 3.63) is 0 Å². The molecule has 4 nitrogen and oxygen atoms in total. The average molecular weight is 137 g/mol. The minimum absolute atomic E-state index is 0.279. The predicted molar refractivity (Wildman–Crippen MR) is 27.1 cm³/mol. The van der Waals surface area contributed by atoms with E-state index in [0.29, 0.717) is 0 Å². The van der Waals surface area contributed by atoms with E-state index in [9.17, 15) is 4.79 Å². The molecule has 5 heteroatoms. The summed E-state index contributed by atoms with van der Waals surface area (Å²) < 4.78 is 8.27. The van der Waals surface area contributed by atoms with Gasteiger partial charge < -0.3 is 14.6 Å². The zero-order valence-electron chi connectivity index (χ0n) is 3.99. The highest BCUT2D eigenvalue weighted by Crippen LogP contribution is 1.84. The minimum atomic E-state index is -0.835. The van der Waals surface area contributed by atoms with E-state index >= 15 is 0 Å². The van der Waals surface area contributed by atoms with Crippen LogP contribution in [-0.4, -0.2) is 24.0 Å². The number of carbonyl (C=O) groups is 1. The van der Waals surface area contributed by atoms with Gasteiger partial charge in [0.25, 0.3) is 0 Å². The second kappa shape index (κ2) is 4.76. The van der Waals surface area contributed by atoms with Gasteiger partial charge >= 0.3 is 5.30 Å². The summed E-state index contributed by atoms with van der Waals surface area (Å²) in [6, 6.07) is 0. The molecule has 0 amide bonds. The summed E-state index contributed by atoms with van der Waals surface area (Å²) in [5.41, 5.74) is 0. The van der Waals surface area contributed by atoms with E-state index in [2.05, 4.69) is 22.1 Å². The van der Waals surface area contributed by atoms with Gasteiger partial charge in [-0.15, -0.1) is 0 Å². The van der Waals surface area contributed by atoms with Gasteiger partial charge in [0.1, 0.15) is 6.79 Å². The highest BCUT2D eigenvalue weighted by atomic mass is 32.1. The summed E-state index contributed by atoms with van der Waals surface area (Å²) in [6.45, 7) is -0.749. The lowest BCUT2D eigenvalue weighted by atomic mass is 11.3. The number of rotatable bonds is 3. The summed E-state index contributed by atoms with van der Waals surface area (Å²) in [7, 11) is 0. The lowest BCUT2D eigenvalue weighted by Gasteiger charge is -1.96. The molecule has 8 heavy (non-hydrogen) atoms.